The van der Waals surface area contributed by atoms with Crippen LogP contribution in [0, 0.1) is 0 Å². The number of halogens is 1. The molecule has 168 valence electrons. The quantitative estimate of drug-likeness (QED) is 0.148. The number of aromatic nitrogens is 3. The molecule has 0 unspecified atom stereocenters. The number of ether oxygens (including phenoxy) is 2. The van der Waals surface area contributed by atoms with Crippen molar-refractivity contribution < 1.29 is 14.7 Å². The summed E-state index contributed by atoms with van der Waals surface area (Å²) in [6.45, 7) is 0.229. The molecule has 0 atom stereocenters. The van der Waals surface area contributed by atoms with E-state index in [1.165, 1.54) is 11.8 Å². The van der Waals surface area contributed by atoms with Gasteiger partial charge in [-0.05, 0) is 48.5 Å². The summed E-state index contributed by atoms with van der Waals surface area (Å²) >= 11 is 7.38. The summed E-state index contributed by atoms with van der Waals surface area (Å²) in [5.41, 5.74) is 2.20. The van der Waals surface area contributed by atoms with Gasteiger partial charge in [-0.2, -0.15) is 0 Å². The van der Waals surface area contributed by atoms with Gasteiger partial charge in [0.15, 0.2) is 11.0 Å². The van der Waals surface area contributed by atoms with E-state index in [1.807, 2.05) is 71.3 Å². The lowest BCUT2D eigenvalue weighted by atomic mass is 10.1. The summed E-state index contributed by atoms with van der Waals surface area (Å²) in [6.07, 6.45) is 0. The van der Waals surface area contributed by atoms with Crippen molar-refractivity contribution in [2.45, 2.75) is 11.8 Å². The largest absolute Gasteiger partial charge is 0.497 e. The van der Waals surface area contributed by atoms with E-state index in [0.29, 0.717) is 33.2 Å². The van der Waals surface area contributed by atoms with Gasteiger partial charge in [-0.15, -0.1) is 10.2 Å². The number of rotatable bonds is 9. The molecule has 0 aliphatic heterocycles. The van der Waals surface area contributed by atoms with E-state index in [2.05, 4.69) is 15.4 Å². The van der Waals surface area contributed by atoms with Gasteiger partial charge in [-0.25, -0.2) is 0 Å². The van der Waals surface area contributed by atoms with Crippen LogP contribution in [0.5, 0.6) is 11.5 Å². The molecule has 0 aliphatic carbocycles. The molecule has 0 bridgehead atoms. The highest BCUT2D eigenvalue weighted by Crippen LogP contribution is 2.25. The van der Waals surface area contributed by atoms with Crippen LogP contribution in [0.3, 0.4) is 0 Å². The van der Waals surface area contributed by atoms with E-state index in [-0.39, 0.29) is 6.61 Å². The Labute approximate surface area is 200 Å². The Kier molecular flexibility index (Phi) is 7.49. The third-order valence-corrected chi connectivity index (χ3v) is 5.97. The molecule has 33 heavy (non-hydrogen) atoms. The second-order valence-electron chi connectivity index (χ2n) is 6.88. The minimum Gasteiger partial charge on any atom is -0.497 e. The summed E-state index contributed by atoms with van der Waals surface area (Å²) in [6, 6.07) is 24.3. The Bertz CT molecular complexity index is 1210. The number of benzene rings is 3. The van der Waals surface area contributed by atoms with Gasteiger partial charge in [0.05, 0.1) is 12.8 Å². The van der Waals surface area contributed by atoms with Gasteiger partial charge in [0.25, 0.3) is 0 Å². The van der Waals surface area contributed by atoms with Crippen LogP contribution >= 0.6 is 23.4 Å². The van der Waals surface area contributed by atoms with Crippen molar-refractivity contribution in [2.75, 3.05) is 12.9 Å². The van der Waals surface area contributed by atoms with Gasteiger partial charge in [-0.3, -0.25) is 4.57 Å². The van der Waals surface area contributed by atoms with Crippen molar-refractivity contribution in [1.82, 2.24) is 14.8 Å². The SMILES string of the molecule is COc1ccc(OCc2nnc(SC/C(=N\O)c3ccc(Cl)cc3)n2-c2ccccc2)cc1. The lowest BCUT2D eigenvalue weighted by Gasteiger charge is -2.12. The fourth-order valence-corrected chi connectivity index (χ4v) is 4.14. The predicted octanol–water partition coefficient (Wildman–Crippen LogP) is 5.48. The van der Waals surface area contributed by atoms with E-state index in [9.17, 15) is 5.21 Å². The molecular formula is C24H21ClN4O3S. The number of thioether (sulfide) groups is 1. The molecule has 1 aromatic heterocycles. The Morgan fingerprint density at radius 2 is 1.67 bits per heavy atom. The Morgan fingerprint density at radius 1 is 0.970 bits per heavy atom. The highest BCUT2D eigenvalue weighted by atomic mass is 35.5. The second-order valence-corrected chi connectivity index (χ2v) is 8.26. The van der Waals surface area contributed by atoms with E-state index >= 15 is 0 Å². The van der Waals surface area contributed by atoms with Crippen molar-refractivity contribution in [2.24, 2.45) is 5.16 Å². The van der Waals surface area contributed by atoms with Crippen LogP contribution in [0.25, 0.3) is 5.69 Å². The molecular weight excluding hydrogens is 460 g/mol. The molecule has 0 aliphatic rings. The van der Waals surface area contributed by atoms with Gasteiger partial charge < -0.3 is 14.7 Å². The number of para-hydroxylation sites is 1. The van der Waals surface area contributed by atoms with Gasteiger partial charge >= 0.3 is 0 Å². The Balaban J connectivity index is 1.55. The summed E-state index contributed by atoms with van der Waals surface area (Å²) in [5.74, 6) is 2.50. The van der Waals surface area contributed by atoms with E-state index in [0.717, 1.165) is 17.0 Å². The number of hydrogen-bond donors (Lipinski definition) is 1. The molecule has 0 radical (unpaired) electrons. The monoisotopic (exact) mass is 480 g/mol. The number of oxime groups is 1. The average molecular weight is 481 g/mol. The molecule has 4 rings (SSSR count). The molecule has 0 fully saturated rings. The van der Waals surface area contributed by atoms with Crippen molar-refractivity contribution >= 4 is 29.1 Å². The number of nitrogens with zero attached hydrogens (tertiary/aromatic N) is 4. The second kappa shape index (κ2) is 10.9. The van der Waals surface area contributed by atoms with E-state index in [4.69, 9.17) is 21.1 Å². The van der Waals surface area contributed by atoms with Crippen LogP contribution in [0.1, 0.15) is 11.4 Å². The first kappa shape index (κ1) is 22.7. The zero-order valence-electron chi connectivity index (χ0n) is 17.8. The molecule has 3 aromatic carbocycles. The first-order valence-corrected chi connectivity index (χ1v) is 11.4. The van der Waals surface area contributed by atoms with Gasteiger partial charge in [0, 0.05) is 22.0 Å². The highest BCUT2D eigenvalue weighted by molar-refractivity contribution is 7.99. The molecule has 1 heterocycles. The zero-order valence-corrected chi connectivity index (χ0v) is 19.3. The third-order valence-electron chi connectivity index (χ3n) is 4.78. The van der Waals surface area contributed by atoms with Crippen molar-refractivity contribution in [3.63, 3.8) is 0 Å². The van der Waals surface area contributed by atoms with Crippen LogP contribution in [0.4, 0.5) is 0 Å². The Morgan fingerprint density at radius 3 is 2.33 bits per heavy atom. The van der Waals surface area contributed by atoms with Crippen molar-refractivity contribution in [3.05, 3.63) is 95.3 Å². The molecule has 0 saturated carbocycles. The topological polar surface area (TPSA) is 81.8 Å². The maximum absolute atomic E-state index is 9.54. The standard InChI is InChI=1S/C24H21ClN4O3S/c1-31-20-11-13-21(14-12-20)32-15-23-26-27-24(29(23)19-5-3-2-4-6-19)33-16-22(28-30)17-7-9-18(25)10-8-17/h2-14,30H,15-16H2,1H3/b28-22+. The third kappa shape index (κ3) is 5.66. The molecule has 4 aromatic rings. The molecule has 7 nitrogen and oxygen atoms in total. The first-order valence-electron chi connectivity index (χ1n) is 10.0. The maximum Gasteiger partial charge on any atom is 0.196 e. The fourth-order valence-electron chi connectivity index (χ4n) is 3.09. The summed E-state index contributed by atoms with van der Waals surface area (Å²) in [7, 11) is 1.62. The molecule has 9 heteroatoms. The van der Waals surface area contributed by atoms with E-state index < -0.39 is 0 Å². The zero-order chi connectivity index (χ0) is 23.0. The highest BCUT2D eigenvalue weighted by Gasteiger charge is 2.17. The first-order chi connectivity index (χ1) is 16.2. The average Bonchev–Trinajstić information content (AvgIpc) is 3.27. The minimum atomic E-state index is 0.229. The normalized spacial score (nSPS) is 11.4. The van der Waals surface area contributed by atoms with Gasteiger partial charge in [0.1, 0.15) is 18.1 Å². The maximum atomic E-state index is 9.54. The minimum absolute atomic E-state index is 0.229. The lowest BCUT2D eigenvalue weighted by Crippen LogP contribution is -2.08. The molecule has 0 amide bonds. The Hall–Kier alpha value is -3.49. The fraction of sp³-hybridized carbons (Fsp3) is 0.125. The van der Waals surface area contributed by atoms with Crippen LogP contribution in [-0.2, 0) is 6.61 Å². The molecule has 0 spiro atoms. The van der Waals surface area contributed by atoms with Crippen molar-refractivity contribution in [3.8, 4) is 17.2 Å². The predicted molar refractivity (Wildman–Crippen MR) is 129 cm³/mol. The van der Waals surface area contributed by atoms with Crippen molar-refractivity contribution in [1.29, 1.82) is 0 Å². The summed E-state index contributed by atoms with van der Waals surface area (Å²) in [5, 5.41) is 23.0. The summed E-state index contributed by atoms with van der Waals surface area (Å²) < 4.78 is 13.1. The summed E-state index contributed by atoms with van der Waals surface area (Å²) in [4.78, 5) is 0. The van der Waals surface area contributed by atoms with Crippen LogP contribution in [0.15, 0.2) is 89.2 Å². The number of methoxy groups -OCH3 is 1. The molecule has 0 saturated heterocycles. The van der Waals surface area contributed by atoms with Crippen LogP contribution < -0.4 is 9.47 Å². The van der Waals surface area contributed by atoms with E-state index in [1.54, 1.807) is 19.2 Å². The molecule has 1 N–H and O–H groups in total. The van der Waals surface area contributed by atoms with Gasteiger partial charge in [0.2, 0.25) is 0 Å². The van der Waals surface area contributed by atoms with Gasteiger partial charge in [-0.1, -0.05) is 58.9 Å². The van der Waals surface area contributed by atoms with Crippen LogP contribution in [-0.4, -0.2) is 38.5 Å². The number of hydrogen-bond acceptors (Lipinski definition) is 7. The smallest absolute Gasteiger partial charge is 0.196 e. The van der Waals surface area contributed by atoms with Crippen LogP contribution in [0.2, 0.25) is 5.02 Å². The lowest BCUT2D eigenvalue weighted by molar-refractivity contribution is 0.292.